The summed E-state index contributed by atoms with van der Waals surface area (Å²) in [5.41, 5.74) is 2.43. The van der Waals surface area contributed by atoms with Crippen molar-refractivity contribution in [3.63, 3.8) is 0 Å². The molecule has 0 aliphatic carbocycles. The zero-order valence-electron chi connectivity index (χ0n) is 14.7. The van der Waals surface area contributed by atoms with Gasteiger partial charge in [-0.2, -0.15) is 0 Å². The van der Waals surface area contributed by atoms with Crippen molar-refractivity contribution in [1.29, 1.82) is 0 Å². The van der Waals surface area contributed by atoms with Gasteiger partial charge in [0.1, 0.15) is 5.75 Å². The molecule has 0 N–H and O–H groups in total. The minimum Gasteiger partial charge on any atom is -0.497 e. The third-order valence-corrected chi connectivity index (χ3v) is 5.46. The first-order valence-corrected chi connectivity index (χ1v) is 9.27. The number of halogens is 1. The molecular formula is C19H18ClN3O2S. The van der Waals surface area contributed by atoms with Gasteiger partial charge in [0.15, 0.2) is 5.17 Å². The third kappa shape index (κ3) is 3.61. The van der Waals surface area contributed by atoms with E-state index in [1.54, 1.807) is 24.3 Å². The molecule has 1 amide bonds. The zero-order valence-corrected chi connectivity index (χ0v) is 16.3. The van der Waals surface area contributed by atoms with Gasteiger partial charge in [-0.1, -0.05) is 23.7 Å². The molecule has 2 aromatic rings. The van der Waals surface area contributed by atoms with Gasteiger partial charge in [-0.3, -0.25) is 14.7 Å². The highest BCUT2D eigenvalue weighted by Crippen LogP contribution is 2.38. The fraction of sp³-hybridized carbons (Fsp3) is 0.211. The summed E-state index contributed by atoms with van der Waals surface area (Å²) in [5, 5.41) is 1.06. The Balaban J connectivity index is 2.02. The van der Waals surface area contributed by atoms with Crippen molar-refractivity contribution in [3.05, 3.63) is 58.2 Å². The number of hydrogen-bond donors (Lipinski definition) is 0. The number of allylic oxidation sites excluding steroid dienone is 1. The van der Waals surface area contributed by atoms with Crippen LogP contribution in [0.15, 0.2) is 52.6 Å². The van der Waals surface area contributed by atoms with Crippen LogP contribution in [0.3, 0.4) is 0 Å². The quantitative estimate of drug-likeness (QED) is 0.710. The summed E-state index contributed by atoms with van der Waals surface area (Å²) >= 11 is 7.51. The molecule has 1 aliphatic rings. The first-order valence-electron chi connectivity index (χ1n) is 8.08. The van der Waals surface area contributed by atoms with Crippen LogP contribution in [0.25, 0.3) is 5.57 Å². The maximum Gasteiger partial charge on any atom is 0.267 e. The Hall–Kier alpha value is -2.31. The Labute approximate surface area is 161 Å². The molecule has 2 heterocycles. The number of carbonyl (C=O) groups is 1. The van der Waals surface area contributed by atoms with E-state index in [-0.39, 0.29) is 5.91 Å². The van der Waals surface area contributed by atoms with Crippen LogP contribution in [0.5, 0.6) is 5.75 Å². The van der Waals surface area contributed by atoms with Crippen LogP contribution in [-0.2, 0) is 4.79 Å². The molecule has 134 valence electrons. The number of hydrogen-bond acceptors (Lipinski definition) is 5. The summed E-state index contributed by atoms with van der Waals surface area (Å²) in [6, 6.07) is 9.39. The van der Waals surface area contributed by atoms with E-state index < -0.39 is 0 Å². The molecule has 7 heteroatoms. The molecule has 0 radical (unpaired) electrons. The van der Waals surface area contributed by atoms with E-state index >= 15 is 0 Å². The summed E-state index contributed by atoms with van der Waals surface area (Å²) in [6.45, 7) is 4.39. The number of amides is 1. The van der Waals surface area contributed by atoms with Gasteiger partial charge in [0.25, 0.3) is 5.91 Å². The number of methoxy groups -OCH3 is 1. The summed E-state index contributed by atoms with van der Waals surface area (Å²) in [4.78, 5) is 23.7. The molecule has 1 aromatic heterocycles. The number of aliphatic imine (C=N–C) groups is 1. The SMILES string of the molecule is CCN1C(=O)/C(=C(\C)c2cccc(OC)c2)SC1=Nc1ccncc1Cl. The van der Waals surface area contributed by atoms with Gasteiger partial charge >= 0.3 is 0 Å². The van der Waals surface area contributed by atoms with Gasteiger partial charge in [-0.05, 0) is 54.9 Å². The molecule has 5 nitrogen and oxygen atoms in total. The molecule has 0 saturated carbocycles. The molecule has 3 rings (SSSR count). The second kappa shape index (κ2) is 7.93. The van der Waals surface area contributed by atoms with Crippen LogP contribution >= 0.6 is 23.4 Å². The minimum absolute atomic E-state index is 0.0539. The fourth-order valence-electron chi connectivity index (χ4n) is 2.55. The average molecular weight is 388 g/mol. The lowest BCUT2D eigenvalue weighted by molar-refractivity contribution is -0.122. The van der Waals surface area contributed by atoms with Crippen molar-refractivity contribution < 1.29 is 9.53 Å². The minimum atomic E-state index is -0.0539. The Kier molecular flexibility index (Phi) is 5.64. The number of rotatable bonds is 4. The molecule has 1 aliphatic heterocycles. The van der Waals surface area contributed by atoms with Crippen LogP contribution in [0.2, 0.25) is 5.02 Å². The summed E-state index contributed by atoms with van der Waals surface area (Å²) in [5.74, 6) is 0.699. The van der Waals surface area contributed by atoms with Crippen molar-refractivity contribution in [1.82, 2.24) is 9.88 Å². The number of carbonyl (C=O) groups excluding carboxylic acids is 1. The first kappa shape index (κ1) is 18.5. The van der Waals surface area contributed by atoms with Gasteiger partial charge in [-0.25, -0.2) is 4.99 Å². The van der Waals surface area contributed by atoms with Crippen molar-refractivity contribution in [2.45, 2.75) is 13.8 Å². The zero-order chi connectivity index (χ0) is 18.7. The molecule has 1 aromatic carbocycles. The molecule has 0 spiro atoms. The van der Waals surface area contributed by atoms with E-state index in [1.165, 1.54) is 18.0 Å². The maximum absolute atomic E-state index is 12.9. The standard InChI is InChI=1S/C19H18ClN3O2S/c1-4-23-18(24)17(12(2)13-6-5-7-14(10-13)25-3)26-19(23)22-16-8-9-21-11-15(16)20/h5-11H,4H2,1-3H3/b17-12-,22-19?. The van der Waals surface area contributed by atoms with E-state index in [9.17, 15) is 4.79 Å². The molecule has 0 bridgehead atoms. The summed E-state index contributed by atoms with van der Waals surface area (Å²) in [6.07, 6.45) is 3.16. The molecule has 1 saturated heterocycles. The second-order valence-corrected chi connectivity index (χ2v) is 6.94. The number of pyridine rings is 1. The smallest absolute Gasteiger partial charge is 0.267 e. The van der Waals surface area contributed by atoms with Crippen LogP contribution in [0.1, 0.15) is 19.4 Å². The first-order chi connectivity index (χ1) is 12.5. The second-order valence-electron chi connectivity index (χ2n) is 5.56. The average Bonchev–Trinajstić information content (AvgIpc) is 2.98. The lowest BCUT2D eigenvalue weighted by Gasteiger charge is -2.12. The van der Waals surface area contributed by atoms with E-state index in [0.717, 1.165) is 16.9 Å². The molecule has 0 atom stereocenters. The monoisotopic (exact) mass is 387 g/mol. The predicted octanol–water partition coefficient (Wildman–Crippen LogP) is 4.76. The van der Waals surface area contributed by atoms with Crippen molar-refractivity contribution in [3.8, 4) is 5.75 Å². The molecule has 0 unspecified atom stereocenters. The highest BCUT2D eigenvalue weighted by atomic mass is 35.5. The van der Waals surface area contributed by atoms with Crippen LogP contribution in [-0.4, -0.2) is 34.6 Å². The van der Waals surface area contributed by atoms with Gasteiger partial charge in [-0.15, -0.1) is 0 Å². The van der Waals surface area contributed by atoms with Gasteiger partial charge in [0.05, 0.1) is 22.7 Å². The van der Waals surface area contributed by atoms with E-state index in [4.69, 9.17) is 16.3 Å². The molecule has 1 fully saturated rings. The number of thioether (sulfide) groups is 1. The van der Waals surface area contributed by atoms with Gasteiger partial charge < -0.3 is 4.74 Å². The highest BCUT2D eigenvalue weighted by molar-refractivity contribution is 8.18. The molecule has 26 heavy (non-hydrogen) atoms. The van der Waals surface area contributed by atoms with Crippen molar-refractivity contribution in [2.24, 2.45) is 4.99 Å². The van der Waals surface area contributed by atoms with Crippen molar-refractivity contribution >= 4 is 45.7 Å². The Morgan fingerprint density at radius 1 is 1.38 bits per heavy atom. The van der Waals surface area contributed by atoms with E-state index in [2.05, 4.69) is 9.98 Å². The topological polar surface area (TPSA) is 54.8 Å². The van der Waals surface area contributed by atoms with Gasteiger partial charge in [0.2, 0.25) is 0 Å². The predicted molar refractivity (Wildman–Crippen MR) is 107 cm³/mol. The third-order valence-electron chi connectivity index (χ3n) is 3.99. The number of amidine groups is 1. The number of benzene rings is 1. The normalized spacial score (nSPS) is 17.8. The molecular weight excluding hydrogens is 370 g/mol. The van der Waals surface area contributed by atoms with Crippen LogP contribution < -0.4 is 4.74 Å². The summed E-state index contributed by atoms with van der Waals surface area (Å²) < 4.78 is 5.28. The fourth-order valence-corrected chi connectivity index (χ4v) is 3.83. The lowest BCUT2D eigenvalue weighted by atomic mass is 10.1. The van der Waals surface area contributed by atoms with Crippen molar-refractivity contribution in [2.75, 3.05) is 13.7 Å². The van der Waals surface area contributed by atoms with Crippen LogP contribution in [0.4, 0.5) is 5.69 Å². The Bertz CT molecular complexity index is 911. The largest absolute Gasteiger partial charge is 0.497 e. The Morgan fingerprint density at radius 3 is 2.88 bits per heavy atom. The highest BCUT2D eigenvalue weighted by Gasteiger charge is 2.34. The Morgan fingerprint density at radius 2 is 2.19 bits per heavy atom. The van der Waals surface area contributed by atoms with Gasteiger partial charge in [0, 0.05) is 18.9 Å². The van der Waals surface area contributed by atoms with Crippen LogP contribution in [0, 0.1) is 0 Å². The van der Waals surface area contributed by atoms with E-state index in [1.807, 2.05) is 38.1 Å². The summed E-state index contributed by atoms with van der Waals surface area (Å²) in [7, 11) is 1.62. The van der Waals surface area contributed by atoms with E-state index in [0.29, 0.717) is 27.3 Å². The number of likely N-dealkylation sites (N-methyl/N-ethyl adjacent to an activating group) is 1. The number of ether oxygens (including phenoxy) is 1. The lowest BCUT2D eigenvalue weighted by Crippen LogP contribution is -2.28. The maximum atomic E-state index is 12.9. The number of aromatic nitrogens is 1. The number of nitrogens with zero attached hydrogens (tertiary/aromatic N) is 3.